The Labute approximate surface area is 352 Å². The van der Waals surface area contributed by atoms with E-state index < -0.39 is 0 Å². The molecule has 6 atom stereocenters. The molecule has 0 N–H and O–H groups in total. The van der Waals surface area contributed by atoms with E-state index in [2.05, 4.69) is 163 Å². The van der Waals surface area contributed by atoms with Crippen LogP contribution in [0.5, 0.6) is 0 Å². The maximum atomic E-state index is 2.79. The Balaban J connectivity index is 1.13. The van der Waals surface area contributed by atoms with Gasteiger partial charge in [0.15, 0.2) is 0 Å². The molecule has 1 aliphatic heterocycles. The van der Waals surface area contributed by atoms with Crippen LogP contribution in [0.3, 0.4) is 0 Å². The number of hydrogen-bond donors (Lipinski definition) is 0. The Morgan fingerprint density at radius 3 is 1.69 bits per heavy atom. The van der Waals surface area contributed by atoms with Gasteiger partial charge in [0, 0.05) is 20.9 Å². The zero-order valence-electron chi connectivity index (χ0n) is 36.1. The first kappa shape index (κ1) is 36.1. The summed E-state index contributed by atoms with van der Waals surface area (Å²) >= 11 is 2.05. The molecule has 58 heavy (non-hydrogen) atoms. The van der Waals surface area contributed by atoms with Crippen molar-refractivity contribution in [1.29, 1.82) is 0 Å². The number of rotatable bonds is 4. The molecule has 6 aliphatic carbocycles. The summed E-state index contributed by atoms with van der Waals surface area (Å²) in [7, 11) is 0. The molecule has 0 saturated heterocycles. The highest BCUT2D eigenvalue weighted by molar-refractivity contribution is 7.99. The van der Waals surface area contributed by atoms with Crippen LogP contribution < -0.4 is 4.90 Å². The van der Waals surface area contributed by atoms with E-state index in [4.69, 9.17) is 0 Å². The lowest BCUT2D eigenvalue weighted by molar-refractivity contribution is -0.235. The number of anilines is 3. The van der Waals surface area contributed by atoms with Crippen molar-refractivity contribution in [2.75, 3.05) is 4.90 Å². The standard InChI is InChI=1S/C56H61NS/c1-51(2)24-26-53(5,6)49-39(51)16-12-18-43(49)57(44-19-13-17-40-50(44)54(7,8)27-25-52(40,3)4)38-21-23-46-42(32-38)56(47-29-34-28-37-31-48(56)55(37,47)33-34)41-30-36(20-22-45(41)58-46)35-14-10-9-11-15-35/h9-23,30,32,34,37,47-48H,24-29,31,33H2,1-8H3. The van der Waals surface area contributed by atoms with Gasteiger partial charge in [-0.3, -0.25) is 0 Å². The first-order valence-electron chi connectivity index (χ1n) is 22.8. The molecule has 5 aromatic rings. The lowest BCUT2D eigenvalue weighted by Crippen LogP contribution is -2.74. The third-order valence-corrected chi connectivity index (χ3v) is 19.2. The average molecular weight is 780 g/mol. The maximum absolute atomic E-state index is 2.79. The summed E-state index contributed by atoms with van der Waals surface area (Å²) in [6.45, 7) is 20.0. The monoisotopic (exact) mass is 779 g/mol. The third-order valence-electron chi connectivity index (χ3n) is 18.1. The highest BCUT2D eigenvalue weighted by Gasteiger charge is 2.84. The Kier molecular flexibility index (Phi) is 7.19. The number of nitrogens with zero attached hydrogens (tertiary/aromatic N) is 1. The molecule has 296 valence electrons. The van der Waals surface area contributed by atoms with E-state index in [1.165, 1.54) is 100 Å². The Morgan fingerprint density at radius 2 is 1.07 bits per heavy atom. The third kappa shape index (κ3) is 4.47. The summed E-state index contributed by atoms with van der Waals surface area (Å²) in [5.41, 5.74) is 17.3. The molecule has 1 nitrogen and oxygen atoms in total. The summed E-state index contributed by atoms with van der Waals surface area (Å²) in [6.07, 6.45) is 10.6. The SMILES string of the molecule is CC1(C)CCC(C)(C)c2c(N(c3ccc4c(c3)C3(c5cc(-c6ccccc6)ccc5S4)C4CC5CC6CC3C64C5)c3cccc4c3C(C)(C)CCC4(C)C)cccc21. The van der Waals surface area contributed by atoms with Crippen LogP contribution in [0.4, 0.5) is 17.1 Å². The summed E-state index contributed by atoms with van der Waals surface area (Å²) in [6, 6.07) is 41.2. The van der Waals surface area contributed by atoms with Gasteiger partial charge in [0.1, 0.15) is 0 Å². The average Bonchev–Trinajstić information content (AvgIpc) is 3.74. The van der Waals surface area contributed by atoms with Gasteiger partial charge in [0.2, 0.25) is 0 Å². The van der Waals surface area contributed by atoms with E-state index in [1.54, 1.807) is 22.3 Å². The van der Waals surface area contributed by atoms with Crippen LogP contribution >= 0.6 is 11.8 Å². The van der Waals surface area contributed by atoms with E-state index in [9.17, 15) is 0 Å². The predicted molar refractivity (Wildman–Crippen MR) is 243 cm³/mol. The first-order chi connectivity index (χ1) is 27.7. The molecule has 0 aromatic heterocycles. The molecule has 0 radical (unpaired) electrons. The van der Waals surface area contributed by atoms with Gasteiger partial charge in [0.05, 0.1) is 11.4 Å². The minimum atomic E-state index is 0.0613. The quantitative estimate of drug-likeness (QED) is 0.179. The van der Waals surface area contributed by atoms with Gasteiger partial charge in [-0.25, -0.2) is 0 Å². The normalized spacial score (nSPS) is 31.5. The molecule has 5 aromatic carbocycles. The number of fused-ring (bicyclic) bond motifs is 9. The Bertz CT molecular complexity index is 2480. The van der Waals surface area contributed by atoms with Crippen LogP contribution in [0.15, 0.2) is 113 Å². The first-order valence-corrected chi connectivity index (χ1v) is 23.6. The fraction of sp³-hybridized carbons (Fsp3) is 0.464. The highest BCUT2D eigenvalue weighted by Crippen LogP contribution is 2.89. The van der Waals surface area contributed by atoms with E-state index in [0.717, 1.165) is 23.7 Å². The zero-order chi connectivity index (χ0) is 39.8. The maximum Gasteiger partial charge on any atom is 0.0502 e. The summed E-state index contributed by atoms with van der Waals surface area (Å²) in [5.74, 6) is 3.35. The van der Waals surface area contributed by atoms with E-state index in [1.807, 2.05) is 11.8 Å². The molecule has 4 saturated carbocycles. The van der Waals surface area contributed by atoms with E-state index >= 15 is 0 Å². The topological polar surface area (TPSA) is 3.24 Å². The molecule has 4 fully saturated rings. The molecule has 7 aliphatic rings. The molecular formula is C56H61NS. The summed E-state index contributed by atoms with van der Waals surface area (Å²) in [4.78, 5) is 5.79. The summed E-state index contributed by atoms with van der Waals surface area (Å²) in [5, 5.41) is 0. The molecule has 2 heteroatoms. The molecule has 2 spiro atoms. The Hall–Kier alpha value is -3.75. The van der Waals surface area contributed by atoms with Gasteiger partial charge >= 0.3 is 0 Å². The molecule has 12 rings (SSSR count). The molecular weight excluding hydrogens is 719 g/mol. The van der Waals surface area contributed by atoms with Crippen LogP contribution in [0, 0.1) is 29.1 Å². The fourth-order valence-electron chi connectivity index (χ4n) is 15.2. The second-order valence-electron chi connectivity index (χ2n) is 22.7. The number of hydrogen-bond acceptors (Lipinski definition) is 2. The van der Waals surface area contributed by atoms with Crippen LogP contribution in [0.25, 0.3) is 11.1 Å². The van der Waals surface area contributed by atoms with Crippen molar-refractivity contribution in [1.82, 2.24) is 0 Å². The van der Waals surface area contributed by atoms with Crippen molar-refractivity contribution < 1.29 is 0 Å². The van der Waals surface area contributed by atoms with Gasteiger partial charge in [-0.2, -0.15) is 0 Å². The van der Waals surface area contributed by atoms with Gasteiger partial charge in [0.25, 0.3) is 0 Å². The minimum absolute atomic E-state index is 0.0613. The lowest BCUT2D eigenvalue weighted by atomic mass is 9.26. The van der Waals surface area contributed by atoms with Crippen molar-refractivity contribution in [3.63, 3.8) is 0 Å². The van der Waals surface area contributed by atoms with Crippen molar-refractivity contribution in [3.05, 3.63) is 137 Å². The van der Waals surface area contributed by atoms with Gasteiger partial charge in [-0.05, 0) is 189 Å². The van der Waals surface area contributed by atoms with Crippen LogP contribution in [-0.2, 0) is 27.1 Å². The minimum Gasteiger partial charge on any atom is -0.310 e. The second-order valence-corrected chi connectivity index (χ2v) is 23.8. The van der Waals surface area contributed by atoms with E-state index in [0.29, 0.717) is 5.41 Å². The van der Waals surface area contributed by atoms with Gasteiger partial charge in [-0.1, -0.05) is 128 Å². The van der Waals surface area contributed by atoms with E-state index in [-0.39, 0.29) is 27.1 Å². The van der Waals surface area contributed by atoms with Crippen LogP contribution in [0.1, 0.15) is 140 Å². The van der Waals surface area contributed by atoms with Crippen molar-refractivity contribution >= 4 is 28.8 Å². The van der Waals surface area contributed by atoms with Crippen LogP contribution in [0.2, 0.25) is 0 Å². The molecule has 2 bridgehead atoms. The molecule has 1 heterocycles. The van der Waals surface area contributed by atoms with Crippen molar-refractivity contribution in [2.24, 2.45) is 29.1 Å². The highest BCUT2D eigenvalue weighted by atomic mass is 32.2. The fourth-order valence-corrected chi connectivity index (χ4v) is 16.4. The van der Waals surface area contributed by atoms with Gasteiger partial charge < -0.3 is 4.90 Å². The van der Waals surface area contributed by atoms with Crippen molar-refractivity contribution in [2.45, 2.75) is 144 Å². The smallest absolute Gasteiger partial charge is 0.0502 e. The second kappa shape index (κ2) is 11.5. The van der Waals surface area contributed by atoms with Gasteiger partial charge in [-0.15, -0.1) is 0 Å². The molecule has 6 unspecified atom stereocenters. The molecule has 0 amide bonds. The largest absolute Gasteiger partial charge is 0.310 e. The predicted octanol–water partition coefficient (Wildman–Crippen LogP) is 15.3. The van der Waals surface area contributed by atoms with Crippen molar-refractivity contribution in [3.8, 4) is 11.1 Å². The number of benzene rings is 5. The zero-order valence-corrected chi connectivity index (χ0v) is 37.0. The summed E-state index contributed by atoms with van der Waals surface area (Å²) < 4.78 is 0. The van der Waals surface area contributed by atoms with Crippen LogP contribution in [-0.4, -0.2) is 0 Å². The lowest BCUT2D eigenvalue weighted by Gasteiger charge is -2.78. The Morgan fingerprint density at radius 1 is 0.500 bits per heavy atom.